The van der Waals surface area contributed by atoms with Crippen LogP contribution in [0.5, 0.6) is 0 Å². The first-order valence-electron chi connectivity index (χ1n) is 8.24. The molecule has 0 aliphatic carbocycles. The third kappa shape index (κ3) is 5.04. The number of hydrogen-bond acceptors (Lipinski definition) is 3. The summed E-state index contributed by atoms with van der Waals surface area (Å²) in [6.07, 6.45) is 3.91. The minimum atomic E-state index is -0.246. The van der Waals surface area contributed by atoms with Gasteiger partial charge in [0.2, 0.25) is 11.8 Å². The van der Waals surface area contributed by atoms with Crippen LogP contribution in [-0.4, -0.2) is 21.6 Å². The van der Waals surface area contributed by atoms with Crippen LogP contribution in [0.3, 0.4) is 0 Å². The predicted molar refractivity (Wildman–Crippen MR) is 99.5 cm³/mol. The summed E-state index contributed by atoms with van der Waals surface area (Å²) < 4.78 is 1.79. The van der Waals surface area contributed by atoms with E-state index in [0.717, 1.165) is 16.9 Å². The number of aromatic nitrogens is 2. The van der Waals surface area contributed by atoms with E-state index in [1.165, 1.54) is 6.08 Å². The Labute approximate surface area is 147 Å². The lowest BCUT2D eigenvalue weighted by Gasteiger charge is -2.10. The Morgan fingerprint density at radius 1 is 1.24 bits per heavy atom. The number of hydrogen-bond donors (Lipinski definition) is 2. The molecule has 2 N–H and O–H groups in total. The second-order valence-corrected chi connectivity index (χ2v) is 6.16. The molecule has 2 amide bonds. The quantitative estimate of drug-likeness (QED) is 0.760. The molecule has 25 heavy (non-hydrogen) atoms. The number of aryl methyl sites for hydroxylation is 2. The molecule has 6 nitrogen and oxygen atoms in total. The zero-order chi connectivity index (χ0) is 18.4. The van der Waals surface area contributed by atoms with E-state index in [-0.39, 0.29) is 17.7 Å². The van der Waals surface area contributed by atoms with Gasteiger partial charge in [0.25, 0.3) is 0 Å². The van der Waals surface area contributed by atoms with E-state index in [4.69, 9.17) is 0 Å². The van der Waals surface area contributed by atoms with Gasteiger partial charge in [0, 0.05) is 19.2 Å². The van der Waals surface area contributed by atoms with Crippen molar-refractivity contribution in [2.24, 2.45) is 7.05 Å². The highest BCUT2D eigenvalue weighted by molar-refractivity contribution is 5.98. The lowest BCUT2D eigenvalue weighted by Crippen LogP contribution is -2.14. The highest BCUT2D eigenvalue weighted by Gasteiger charge is 2.14. The molecule has 0 atom stereocenters. The monoisotopic (exact) mass is 340 g/mol. The predicted octanol–water partition coefficient (Wildman–Crippen LogP) is 3.24. The fourth-order valence-electron chi connectivity index (χ4n) is 2.65. The zero-order valence-corrected chi connectivity index (χ0v) is 14.9. The van der Waals surface area contributed by atoms with E-state index < -0.39 is 0 Å². The summed E-state index contributed by atoms with van der Waals surface area (Å²) in [6.45, 7) is 7.55. The number of nitrogens with zero attached hydrogens (tertiary/aromatic N) is 2. The van der Waals surface area contributed by atoms with E-state index in [1.54, 1.807) is 10.9 Å². The van der Waals surface area contributed by atoms with Crippen LogP contribution >= 0.6 is 0 Å². The Kier molecular flexibility index (Phi) is 6.11. The molecule has 0 bridgehead atoms. The van der Waals surface area contributed by atoms with Gasteiger partial charge in [0.05, 0.1) is 17.6 Å². The van der Waals surface area contributed by atoms with Crippen LogP contribution in [0.1, 0.15) is 37.4 Å². The smallest absolute Gasteiger partial charge is 0.247 e. The third-order valence-electron chi connectivity index (χ3n) is 3.85. The van der Waals surface area contributed by atoms with Gasteiger partial charge in [-0.15, -0.1) is 0 Å². The molecule has 2 aromatic rings. The van der Waals surface area contributed by atoms with Crippen LogP contribution in [-0.2, 0) is 23.1 Å². The van der Waals surface area contributed by atoms with Crippen LogP contribution in [0.15, 0.2) is 43.1 Å². The molecule has 132 valence electrons. The summed E-state index contributed by atoms with van der Waals surface area (Å²) in [7, 11) is 1.87. The van der Waals surface area contributed by atoms with E-state index in [2.05, 4.69) is 36.2 Å². The number of benzene rings is 1. The Morgan fingerprint density at radius 2 is 1.92 bits per heavy atom. The van der Waals surface area contributed by atoms with Crippen molar-refractivity contribution in [2.45, 2.75) is 32.6 Å². The maximum Gasteiger partial charge on any atom is 0.247 e. The molecule has 0 radical (unpaired) electrons. The van der Waals surface area contributed by atoms with Crippen molar-refractivity contribution >= 4 is 23.2 Å². The molecule has 0 saturated heterocycles. The number of carbonyl (C=O) groups is 2. The van der Waals surface area contributed by atoms with Crippen molar-refractivity contribution in [3.63, 3.8) is 0 Å². The average Bonchev–Trinajstić information content (AvgIpc) is 2.94. The fourth-order valence-corrected chi connectivity index (χ4v) is 2.65. The molecular formula is C19H24N4O2. The third-order valence-corrected chi connectivity index (χ3v) is 3.85. The number of anilines is 2. The van der Waals surface area contributed by atoms with Crippen LogP contribution in [0.2, 0.25) is 0 Å². The van der Waals surface area contributed by atoms with Crippen molar-refractivity contribution in [3.05, 3.63) is 54.4 Å². The van der Waals surface area contributed by atoms with E-state index in [0.29, 0.717) is 18.5 Å². The molecular weight excluding hydrogens is 316 g/mol. The summed E-state index contributed by atoms with van der Waals surface area (Å²) in [4.78, 5) is 23.4. The van der Waals surface area contributed by atoms with E-state index >= 15 is 0 Å². The first-order valence-corrected chi connectivity index (χ1v) is 8.24. The van der Waals surface area contributed by atoms with E-state index in [1.807, 2.05) is 31.3 Å². The van der Waals surface area contributed by atoms with Gasteiger partial charge in [0.1, 0.15) is 0 Å². The minimum absolute atomic E-state index is 0.0427. The molecule has 1 heterocycles. The first kappa shape index (κ1) is 18.4. The molecule has 6 heteroatoms. The highest BCUT2D eigenvalue weighted by atomic mass is 16.2. The number of carbonyl (C=O) groups excluding carboxylic acids is 2. The second kappa shape index (κ2) is 8.28. The maximum absolute atomic E-state index is 12.2. The van der Waals surface area contributed by atoms with Gasteiger partial charge >= 0.3 is 0 Å². The molecule has 0 aliphatic heterocycles. The fraction of sp³-hybridized carbons (Fsp3) is 0.316. The second-order valence-electron chi connectivity index (χ2n) is 6.16. The maximum atomic E-state index is 12.2. The Balaban J connectivity index is 1.90. The highest BCUT2D eigenvalue weighted by Crippen LogP contribution is 2.23. The number of amides is 2. The molecule has 0 aliphatic rings. The molecule has 0 saturated carbocycles. The van der Waals surface area contributed by atoms with Gasteiger partial charge < -0.3 is 10.6 Å². The molecule has 1 aromatic carbocycles. The van der Waals surface area contributed by atoms with Crippen LogP contribution < -0.4 is 10.6 Å². The molecule has 0 spiro atoms. The molecule has 2 rings (SSSR count). The number of rotatable bonds is 7. The summed E-state index contributed by atoms with van der Waals surface area (Å²) >= 11 is 0. The van der Waals surface area contributed by atoms with Crippen molar-refractivity contribution < 1.29 is 9.59 Å². The molecule has 0 unspecified atom stereocenters. The van der Waals surface area contributed by atoms with Gasteiger partial charge in [-0.1, -0.05) is 32.6 Å². The summed E-state index contributed by atoms with van der Waals surface area (Å²) in [6, 6.07) is 7.42. The molecule has 0 fully saturated rings. The van der Waals surface area contributed by atoms with Crippen LogP contribution in [0.4, 0.5) is 11.4 Å². The SMILES string of the molecule is C=CC(=O)Nc1ccc(CCC(=O)Nc2cnn(C)c2C(C)C)cc1. The van der Waals surface area contributed by atoms with E-state index in [9.17, 15) is 9.59 Å². The number of nitrogens with one attached hydrogen (secondary N) is 2. The Bertz CT molecular complexity index is 760. The summed E-state index contributed by atoms with van der Waals surface area (Å²) in [5.41, 5.74) is 3.51. The van der Waals surface area contributed by atoms with Gasteiger partial charge in [-0.05, 0) is 36.1 Å². The average molecular weight is 340 g/mol. The van der Waals surface area contributed by atoms with Crippen molar-refractivity contribution in [3.8, 4) is 0 Å². The van der Waals surface area contributed by atoms with Gasteiger partial charge in [-0.2, -0.15) is 5.10 Å². The standard InChI is InChI=1S/C19H24N4O2/c1-5-17(24)21-15-9-6-14(7-10-15)8-11-18(25)22-16-12-20-23(4)19(16)13(2)3/h5-7,9-10,12-13H,1,8,11H2,2-4H3,(H,21,24)(H,22,25). The van der Waals surface area contributed by atoms with Crippen molar-refractivity contribution in [1.29, 1.82) is 0 Å². The van der Waals surface area contributed by atoms with Crippen molar-refractivity contribution in [1.82, 2.24) is 9.78 Å². The minimum Gasteiger partial charge on any atom is -0.323 e. The molecule has 1 aromatic heterocycles. The van der Waals surface area contributed by atoms with Crippen molar-refractivity contribution in [2.75, 3.05) is 10.6 Å². The lowest BCUT2D eigenvalue weighted by molar-refractivity contribution is -0.116. The zero-order valence-electron chi connectivity index (χ0n) is 14.9. The largest absolute Gasteiger partial charge is 0.323 e. The Hall–Kier alpha value is -2.89. The normalized spacial score (nSPS) is 10.6. The first-order chi connectivity index (χ1) is 11.9. The topological polar surface area (TPSA) is 76.0 Å². The summed E-state index contributed by atoms with van der Waals surface area (Å²) in [5, 5.41) is 9.84. The summed E-state index contributed by atoms with van der Waals surface area (Å²) in [5.74, 6) is -0.00962. The van der Waals surface area contributed by atoms with Gasteiger partial charge in [0.15, 0.2) is 0 Å². The lowest BCUT2D eigenvalue weighted by atomic mass is 10.1. The Morgan fingerprint density at radius 3 is 2.52 bits per heavy atom. The van der Waals surface area contributed by atoms with Crippen LogP contribution in [0, 0.1) is 0 Å². The van der Waals surface area contributed by atoms with Gasteiger partial charge in [-0.25, -0.2) is 0 Å². The van der Waals surface area contributed by atoms with Gasteiger partial charge in [-0.3, -0.25) is 14.3 Å². The van der Waals surface area contributed by atoms with Crippen LogP contribution in [0.25, 0.3) is 0 Å².